The molecule has 0 amide bonds. The summed E-state index contributed by atoms with van der Waals surface area (Å²) in [6, 6.07) is 15.1. The lowest BCUT2D eigenvalue weighted by molar-refractivity contribution is -0.138. The van der Waals surface area contributed by atoms with E-state index in [0.29, 0.717) is 6.61 Å². The molecule has 2 nitrogen and oxygen atoms in total. The van der Waals surface area contributed by atoms with Gasteiger partial charge in [-0.1, -0.05) is 42.0 Å². The van der Waals surface area contributed by atoms with Crippen LogP contribution in [0.1, 0.15) is 36.5 Å². The summed E-state index contributed by atoms with van der Waals surface area (Å²) in [5, 5.41) is 0. The molecule has 0 saturated heterocycles. The second-order valence-corrected chi connectivity index (χ2v) is 6.02. The highest BCUT2D eigenvalue weighted by molar-refractivity contribution is 5.94. The number of carbonyl (C=O) groups is 1. The molecule has 0 aliphatic heterocycles. The molecule has 1 aliphatic carbocycles. The second-order valence-electron chi connectivity index (χ2n) is 6.02. The van der Waals surface area contributed by atoms with Crippen LogP contribution >= 0.6 is 0 Å². The number of ether oxygens (including phenoxy) is 1. The monoisotopic (exact) mass is 306 g/mol. The predicted molar refractivity (Wildman–Crippen MR) is 94.2 cm³/mol. The third kappa shape index (κ3) is 3.53. The van der Waals surface area contributed by atoms with E-state index in [1.54, 1.807) is 0 Å². The van der Waals surface area contributed by atoms with Crippen LogP contribution in [0.5, 0.6) is 0 Å². The van der Waals surface area contributed by atoms with Gasteiger partial charge in [-0.3, -0.25) is 0 Å². The Morgan fingerprint density at radius 2 is 1.78 bits per heavy atom. The SMILES string of the molecule is CCOC(=O)C1=Cc2cc(-c3ccc(C)cc3)ccc2CCC1. The number of aryl methyl sites for hydroxylation is 2. The van der Waals surface area contributed by atoms with E-state index in [-0.39, 0.29) is 5.97 Å². The van der Waals surface area contributed by atoms with Crippen molar-refractivity contribution in [2.45, 2.75) is 33.1 Å². The van der Waals surface area contributed by atoms with Crippen LogP contribution in [0.4, 0.5) is 0 Å². The molecular formula is C21H22O2. The lowest BCUT2D eigenvalue weighted by atomic mass is 9.97. The van der Waals surface area contributed by atoms with Gasteiger partial charge in [0.05, 0.1) is 6.61 Å². The molecule has 0 N–H and O–H groups in total. The molecular weight excluding hydrogens is 284 g/mol. The first-order chi connectivity index (χ1) is 11.2. The van der Waals surface area contributed by atoms with Crippen LogP contribution in [-0.4, -0.2) is 12.6 Å². The Hall–Kier alpha value is -2.35. The molecule has 3 rings (SSSR count). The van der Waals surface area contributed by atoms with Crippen molar-refractivity contribution in [2.75, 3.05) is 6.61 Å². The molecule has 0 aromatic heterocycles. The number of fused-ring (bicyclic) bond motifs is 1. The van der Waals surface area contributed by atoms with Crippen LogP contribution < -0.4 is 0 Å². The summed E-state index contributed by atoms with van der Waals surface area (Å²) in [5.74, 6) is -0.180. The summed E-state index contributed by atoms with van der Waals surface area (Å²) in [7, 11) is 0. The largest absolute Gasteiger partial charge is 0.463 e. The van der Waals surface area contributed by atoms with Gasteiger partial charge < -0.3 is 4.74 Å². The summed E-state index contributed by atoms with van der Waals surface area (Å²) in [6.07, 6.45) is 4.79. The van der Waals surface area contributed by atoms with Crippen molar-refractivity contribution in [1.29, 1.82) is 0 Å². The fourth-order valence-electron chi connectivity index (χ4n) is 3.00. The summed E-state index contributed by atoms with van der Waals surface area (Å²) in [4.78, 5) is 12.1. The molecule has 0 heterocycles. The van der Waals surface area contributed by atoms with Gasteiger partial charge in [0.1, 0.15) is 0 Å². The Morgan fingerprint density at radius 3 is 2.52 bits per heavy atom. The lowest BCUT2D eigenvalue weighted by Crippen LogP contribution is -2.07. The zero-order valence-corrected chi connectivity index (χ0v) is 13.8. The van der Waals surface area contributed by atoms with Crippen LogP contribution in [0, 0.1) is 6.92 Å². The number of carbonyl (C=O) groups excluding carboxylic acids is 1. The molecule has 2 heteroatoms. The molecule has 1 aliphatic rings. The number of rotatable bonds is 3. The zero-order valence-electron chi connectivity index (χ0n) is 13.8. The van der Waals surface area contributed by atoms with Gasteiger partial charge in [0.15, 0.2) is 0 Å². The molecule has 118 valence electrons. The first-order valence-corrected chi connectivity index (χ1v) is 8.25. The first kappa shape index (κ1) is 15.5. The Bertz CT molecular complexity index is 739. The van der Waals surface area contributed by atoms with Crippen molar-refractivity contribution >= 4 is 12.0 Å². The van der Waals surface area contributed by atoms with Crippen LogP contribution in [0.25, 0.3) is 17.2 Å². The number of esters is 1. The highest BCUT2D eigenvalue weighted by atomic mass is 16.5. The highest BCUT2D eigenvalue weighted by Crippen LogP contribution is 2.29. The lowest BCUT2D eigenvalue weighted by Gasteiger charge is -2.08. The van der Waals surface area contributed by atoms with Crippen molar-refractivity contribution in [3.05, 3.63) is 64.7 Å². The van der Waals surface area contributed by atoms with Gasteiger partial charge in [-0.25, -0.2) is 4.79 Å². The number of hydrogen-bond donors (Lipinski definition) is 0. The van der Waals surface area contributed by atoms with E-state index in [0.717, 1.165) is 30.4 Å². The van der Waals surface area contributed by atoms with Gasteiger partial charge >= 0.3 is 5.97 Å². The standard InChI is InChI=1S/C21H22O2/c1-3-23-21(22)19-6-4-5-16-11-12-18(13-20(16)14-19)17-9-7-15(2)8-10-17/h7-14H,3-6H2,1-2H3. The van der Waals surface area contributed by atoms with E-state index >= 15 is 0 Å². The quantitative estimate of drug-likeness (QED) is 0.750. The maximum absolute atomic E-state index is 12.1. The maximum atomic E-state index is 12.1. The minimum atomic E-state index is -0.180. The Morgan fingerprint density at radius 1 is 1.04 bits per heavy atom. The second kappa shape index (κ2) is 6.82. The summed E-state index contributed by atoms with van der Waals surface area (Å²) >= 11 is 0. The van der Waals surface area contributed by atoms with Crippen molar-refractivity contribution in [1.82, 2.24) is 0 Å². The van der Waals surface area contributed by atoms with Crippen molar-refractivity contribution in [2.24, 2.45) is 0 Å². The molecule has 0 atom stereocenters. The number of hydrogen-bond acceptors (Lipinski definition) is 2. The zero-order chi connectivity index (χ0) is 16.2. The molecule has 0 radical (unpaired) electrons. The van der Waals surface area contributed by atoms with Gasteiger partial charge in [-0.15, -0.1) is 0 Å². The van der Waals surface area contributed by atoms with Crippen LogP contribution in [0.2, 0.25) is 0 Å². The average molecular weight is 306 g/mol. The smallest absolute Gasteiger partial charge is 0.334 e. The Kier molecular flexibility index (Phi) is 4.61. The number of benzene rings is 2. The van der Waals surface area contributed by atoms with E-state index in [2.05, 4.69) is 49.4 Å². The van der Waals surface area contributed by atoms with Crippen LogP contribution in [-0.2, 0) is 16.0 Å². The van der Waals surface area contributed by atoms with E-state index in [9.17, 15) is 4.79 Å². The molecule has 2 aromatic rings. The summed E-state index contributed by atoms with van der Waals surface area (Å²) in [5.41, 5.74) is 6.88. The first-order valence-electron chi connectivity index (χ1n) is 8.25. The molecule has 0 saturated carbocycles. The predicted octanol–water partition coefficient (Wildman–Crippen LogP) is 4.94. The molecule has 23 heavy (non-hydrogen) atoms. The molecule has 0 fully saturated rings. The fraction of sp³-hybridized carbons (Fsp3) is 0.286. The Labute approximate surface area is 137 Å². The molecule has 0 spiro atoms. The van der Waals surface area contributed by atoms with Crippen LogP contribution in [0.3, 0.4) is 0 Å². The van der Waals surface area contributed by atoms with Gasteiger partial charge in [0, 0.05) is 5.57 Å². The maximum Gasteiger partial charge on any atom is 0.334 e. The highest BCUT2D eigenvalue weighted by Gasteiger charge is 2.16. The molecule has 0 unspecified atom stereocenters. The summed E-state index contributed by atoms with van der Waals surface area (Å²) < 4.78 is 5.17. The Balaban J connectivity index is 1.98. The van der Waals surface area contributed by atoms with Gasteiger partial charge in [-0.2, -0.15) is 0 Å². The van der Waals surface area contributed by atoms with E-state index in [1.165, 1.54) is 22.3 Å². The topological polar surface area (TPSA) is 26.3 Å². The van der Waals surface area contributed by atoms with E-state index in [4.69, 9.17) is 4.74 Å². The normalized spacial score (nSPS) is 13.7. The minimum Gasteiger partial charge on any atom is -0.463 e. The third-order valence-electron chi connectivity index (χ3n) is 4.29. The molecule has 0 bridgehead atoms. The van der Waals surface area contributed by atoms with Crippen LogP contribution in [0.15, 0.2) is 48.0 Å². The summed E-state index contributed by atoms with van der Waals surface area (Å²) in [6.45, 7) is 4.36. The van der Waals surface area contributed by atoms with E-state index in [1.807, 2.05) is 13.0 Å². The fourth-order valence-corrected chi connectivity index (χ4v) is 3.00. The van der Waals surface area contributed by atoms with Gasteiger partial charge in [-0.05, 0) is 67.5 Å². The van der Waals surface area contributed by atoms with Gasteiger partial charge in [0.2, 0.25) is 0 Å². The third-order valence-corrected chi connectivity index (χ3v) is 4.29. The average Bonchev–Trinajstić information content (AvgIpc) is 2.77. The van der Waals surface area contributed by atoms with E-state index < -0.39 is 0 Å². The minimum absolute atomic E-state index is 0.180. The van der Waals surface area contributed by atoms with Crippen molar-refractivity contribution in [3.63, 3.8) is 0 Å². The molecule has 2 aromatic carbocycles. The van der Waals surface area contributed by atoms with Crippen molar-refractivity contribution < 1.29 is 9.53 Å². The van der Waals surface area contributed by atoms with Crippen molar-refractivity contribution in [3.8, 4) is 11.1 Å². The van der Waals surface area contributed by atoms with Gasteiger partial charge in [0.25, 0.3) is 0 Å².